The monoisotopic (exact) mass is 262 g/mol. The molecular weight excluding hydrogens is 240 g/mol. The largest absolute Gasteiger partial charge is 0.379 e. The van der Waals surface area contributed by atoms with Crippen LogP contribution in [0.25, 0.3) is 0 Å². The lowest BCUT2D eigenvalue weighted by Gasteiger charge is -2.27. The summed E-state index contributed by atoms with van der Waals surface area (Å²) in [7, 11) is 2.08. The van der Waals surface area contributed by atoms with Gasteiger partial charge in [-0.2, -0.15) is 0 Å². The van der Waals surface area contributed by atoms with Crippen molar-refractivity contribution in [3.8, 4) is 0 Å². The van der Waals surface area contributed by atoms with Gasteiger partial charge in [0.25, 0.3) is 0 Å². The minimum atomic E-state index is 0.109. The van der Waals surface area contributed by atoms with Crippen LogP contribution in [0.4, 0.5) is 5.69 Å². The molecule has 0 aromatic heterocycles. The Balaban J connectivity index is 1.84. The van der Waals surface area contributed by atoms with E-state index in [1.807, 2.05) is 24.3 Å². The number of benzene rings is 1. The lowest BCUT2D eigenvalue weighted by atomic mass is 10.1. The van der Waals surface area contributed by atoms with Gasteiger partial charge in [-0.05, 0) is 37.6 Å². The highest BCUT2D eigenvalue weighted by Gasteiger charge is 2.13. The van der Waals surface area contributed by atoms with E-state index >= 15 is 0 Å². The zero-order valence-corrected chi connectivity index (χ0v) is 11.7. The summed E-state index contributed by atoms with van der Waals surface area (Å²) < 4.78 is 5.44. The highest BCUT2D eigenvalue weighted by molar-refractivity contribution is 5.94. The van der Waals surface area contributed by atoms with Gasteiger partial charge in [-0.15, -0.1) is 0 Å². The Labute approximate surface area is 114 Å². The molecule has 0 amide bonds. The van der Waals surface area contributed by atoms with Crippen molar-refractivity contribution < 1.29 is 9.53 Å². The van der Waals surface area contributed by atoms with E-state index in [-0.39, 0.29) is 5.78 Å². The number of nitrogens with one attached hydrogen (secondary N) is 1. The van der Waals surface area contributed by atoms with Gasteiger partial charge in [-0.3, -0.25) is 4.79 Å². The van der Waals surface area contributed by atoms with Crippen molar-refractivity contribution in [2.45, 2.75) is 19.4 Å². The first-order valence-electron chi connectivity index (χ1n) is 6.80. The van der Waals surface area contributed by atoms with Crippen LogP contribution in [0.2, 0.25) is 0 Å². The van der Waals surface area contributed by atoms with Crippen molar-refractivity contribution in [1.82, 2.24) is 5.32 Å². The van der Waals surface area contributed by atoms with Gasteiger partial charge in [0.2, 0.25) is 0 Å². The lowest BCUT2D eigenvalue weighted by Crippen LogP contribution is -2.42. The number of carbonyl (C=O) groups is 1. The summed E-state index contributed by atoms with van der Waals surface area (Å²) in [5.41, 5.74) is 1.90. The highest BCUT2D eigenvalue weighted by atomic mass is 16.5. The zero-order valence-electron chi connectivity index (χ0n) is 11.7. The number of hydrogen-bond acceptors (Lipinski definition) is 4. The summed E-state index contributed by atoms with van der Waals surface area (Å²) in [6.45, 7) is 5.13. The molecule has 1 heterocycles. The molecule has 104 valence electrons. The van der Waals surface area contributed by atoms with E-state index in [0.29, 0.717) is 6.04 Å². The quantitative estimate of drug-likeness (QED) is 0.820. The lowest BCUT2D eigenvalue weighted by molar-refractivity contribution is 0.0749. The number of ketones is 1. The van der Waals surface area contributed by atoms with Crippen LogP contribution in [0.5, 0.6) is 0 Å². The first-order chi connectivity index (χ1) is 9.16. The number of ether oxygens (including phenoxy) is 1. The number of anilines is 1. The topological polar surface area (TPSA) is 41.6 Å². The van der Waals surface area contributed by atoms with Crippen molar-refractivity contribution in [2.75, 3.05) is 38.3 Å². The van der Waals surface area contributed by atoms with E-state index in [1.165, 1.54) is 0 Å². The molecule has 4 heteroatoms. The number of carbonyl (C=O) groups excluding carboxylic acids is 1. The van der Waals surface area contributed by atoms with Gasteiger partial charge in [-0.1, -0.05) is 0 Å². The smallest absolute Gasteiger partial charge is 0.159 e. The van der Waals surface area contributed by atoms with Crippen LogP contribution in [-0.4, -0.2) is 45.2 Å². The number of morpholine rings is 1. The molecule has 0 bridgehead atoms. The molecular formula is C15H22N2O2. The fraction of sp³-hybridized carbons (Fsp3) is 0.533. The molecule has 19 heavy (non-hydrogen) atoms. The van der Waals surface area contributed by atoms with Crippen molar-refractivity contribution in [3.63, 3.8) is 0 Å². The standard InChI is InChI=1S/C15H22N2O2/c1-12(18)13-3-5-15(6-4-13)17(2)9-7-14-11-19-10-8-16-14/h3-6,14,16H,7-11H2,1-2H3. The third-order valence-corrected chi connectivity index (χ3v) is 3.53. The number of hydrogen-bond donors (Lipinski definition) is 1. The second-order valence-electron chi connectivity index (χ2n) is 5.04. The van der Waals surface area contributed by atoms with E-state index < -0.39 is 0 Å². The molecule has 0 radical (unpaired) electrons. The SMILES string of the molecule is CC(=O)c1ccc(N(C)CCC2COCCN2)cc1. The molecule has 4 nitrogen and oxygen atoms in total. The summed E-state index contributed by atoms with van der Waals surface area (Å²) in [5.74, 6) is 0.109. The third-order valence-electron chi connectivity index (χ3n) is 3.53. The summed E-state index contributed by atoms with van der Waals surface area (Å²) in [6, 6.07) is 8.22. The normalized spacial score (nSPS) is 19.2. The molecule has 1 N–H and O–H groups in total. The molecule has 1 fully saturated rings. The maximum Gasteiger partial charge on any atom is 0.159 e. The average molecular weight is 262 g/mol. The van der Waals surface area contributed by atoms with Crippen molar-refractivity contribution in [2.24, 2.45) is 0 Å². The second-order valence-corrected chi connectivity index (χ2v) is 5.04. The zero-order chi connectivity index (χ0) is 13.7. The Bertz CT molecular complexity index is 411. The van der Waals surface area contributed by atoms with Gasteiger partial charge in [0.15, 0.2) is 5.78 Å². The number of Topliss-reactive ketones (excluding diaryl/α,β-unsaturated/α-hetero) is 1. The minimum absolute atomic E-state index is 0.109. The molecule has 1 aliphatic heterocycles. The molecule has 0 spiro atoms. The Morgan fingerprint density at radius 1 is 1.42 bits per heavy atom. The average Bonchev–Trinajstić information content (AvgIpc) is 2.46. The van der Waals surface area contributed by atoms with E-state index in [0.717, 1.165) is 44.0 Å². The van der Waals surface area contributed by atoms with Crippen LogP contribution in [-0.2, 0) is 4.74 Å². The number of rotatable bonds is 5. The van der Waals surface area contributed by atoms with E-state index in [1.54, 1.807) is 6.92 Å². The second kappa shape index (κ2) is 6.68. The Hall–Kier alpha value is -1.39. The minimum Gasteiger partial charge on any atom is -0.379 e. The van der Waals surface area contributed by atoms with Gasteiger partial charge >= 0.3 is 0 Å². The van der Waals surface area contributed by atoms with E-state index in [2.05, 4.69) is 17.3 Å². The summed E-state index contributed by atoms with van der Waals surface area (Å²) in [5, 5.41) is 3.45. The maximum absolute atomic E-state index is 11.2. The van der Waals surface area contributed by atoms with Gasteiger partial charge in [0, 0.05) is 37.4 Å². The predicted molar refractivity (Wildman–Crippen MR) is 76.9 cm³/mol. The van der Waals surface area contributed by atoms with Gasteiger partial charge in [0.1, 0.15) is 0 Å². The van der Waals surface area contributed by atoms with Crippen LogP contribution in [0.15, 0.2) is 24.3 Å². The third kappa shape index (κ3) is 4.04. The van der Waals surface area contributed by atoms with Gasteiger partial charge in [0.05, 0.1) is 13.2 Å². The molecule has 0 aliphatic carbocycles. The Morgan fingerprint density at radius 2 is 2.16 bits per heavy atom. The van der Waals surface area contributed by atoms with Crippen LogP contribution in [0.3, 0.4) is 0 Å². The summed E-state index contributed by atoms with van der Waals surface area (Å²) in [4.78, 5) is 13.4. The van der Waals surface area contributed by atoms with Crippen LogP contribution >= 0.6 is 0 Å². The van der Waals surface area contributed by atoms with E-state index in [9.17, 15) is 4.79 Å². The molecule has 1 saturated heterocycles. The highest BCUT2D eigenvalue weighted by Crippen LogP contribution is 2.15. The molecule has 0 saturated carbocycles. The first kappa shape index (κ1) is 14.0. The fourth-order valence-corrected chi connectivity index (χ4v) is 2.23. The van der Waals surface area contributed by atoms with Crippen molar-refractivity contribution >= 4 is 11.5 Å². The maximum atomic E-state index is 11.2. The fourth-order valence-electron chi connectivity index (χ4n) is 2.23. The van der Waals surface area contributed by atoms with Crippen LogP contribution in [0, 0.1) is 0 Å². The predicted octanol–water partition coefficient (Wildman–Crippen LogP) is 1.70. The van der Waals surface area contributed by atoms with Crippen LogP contribution < -0.4 is 10.2 Å². The Kier molecular flexibility index (Phi) is 4.93. The molecule has 1 atom stereocenters. The molecule has 2 rings (SSSR count). The van der Waals surface area contributed by atoms with Gasteiger partial charge < -0.3 is 15.0 Å². The van der Waals surface area contributed by atoms with Crippen molar-refractivity contribution in [1.29, 1.82) is 0 Å². The summed E-state index contributed by atoms with van der Waals surface area (Å²) in [6.07, 6.45) is 1.06. The molecule has 1 aromatic rings. The molecule has 1 aliphatic rings. The number of nitrogens with zero attached hydrogens (tertiary/aromatic N) is 1. The molecule has 1 unspecified atom stereocenters. The summed E-state index contributed by atoms with van der Waals surface area (Å²) >= 11 is 0. The molecule has 1 aromatic carbocycles. The van der Waals surface area contributed by atoms with Crippen molar-refractivity contribution in [3.05, 3.63) is 29.8 Å². The van der Waals surface area contributed by atoms with E-state index in [4.69, 9.17) is 4.74 Å². The Morgan fingerprint density at radius 3 is 2.74 bits per heavy atom. The van der Waals surface area contributed by atoms with Gasteiger partial charge in [-0.25, -0.2) is 0 Å². The van der Waals surface area contributed by atoms with Crippen LogP contribution in [0.1, 0.15) is 23.7 Å². The first-order valence-corrected chi connectivity index (χ1v) is 6.80.